The number of ether oxygens (including phenoxy) is 2. The third-order valence-corrected chi connectivity index (χ3v) is 2.20. The Morgan fingerprint density at radius 1 is 1.33 bits per heavy atom. The molecular formula is C13H17NO4. The van der Waals surface area contributed by atoms with Crippen LogP contribution in [0.25, 0.3) is 0 Å². The van der Waals surface area contributed by atoms with Crippen molar-refractivity contribution in [1.29, 1.82) is 0 Å². The van der Waals surface area contributed by atoms with Crippen LogP contribution in [0.3, 0.4) is 0 Å². The summed E-state index contributed by atoms with van der Waals surface area (Å²) in [5.41, 5.74) is 7.38. The molecule has 1 aromatic rings. The Labute approximate surface area is 106 Å². The van der Waals surface area contributed by atoms with Gasteiger partial charge in [-0.25, -0.2) is 9.59 Å². The summed E-state index contributed by atoms with van der Waals surface area (Å²) in [6.07, 6.45) is -0.230. The lowest BCUT2D eigenvalue weighted by molar-refractivity contribution is -0.150. The first-order valence-electron chi connectivity index (χ1n) is 5.63. The lowest BCUT2D eigenvalue weighted by atomic mass is 10.1. The molecular weight excluding hydrogens is 234 g/mol. The lowest BCUT2D eigenvalue weighted by Gasteiger charge is -2.09. The van der Waals surface area contributed by atoms with Gasteiger partial charge in [-0.1, -0.05) is 6.07 Å². The molecule has 2 N–H and O–H groups in total. The predicted octanol–water partition coefficient (Wildman–Crippen LogP) is 1.69. The molecule has 0 bridgehead atoms. The molecule has 0 saturated carbocycles. The monoisotopic (exact) mass is 251 g/mol. The van der Waals surface area contributed by atoms with Gasteiger partial charge in [-0.15, -0.1) is 0 Å². The number of carbonyl (C=O) groups excluding carboxylic acids is 2. The van der Waals surface area contributed by atoms with Gasteiger partial charge in [0.25, 0.3) is 0 Å². The van der Waals surface area contributed by atoms with Crippen molar-refractivity contribution in [3.05, 3.63) is 29.3 Å². The quantitative estimate of drug-likeness (QED) is 0.650. The normalized spacial score (nSPS) is 10.2. The summed E-state index contributed by atoms with van der Waals surface area (Å²) >= 11 is 0. The molecule has 0 amide bonds. The minimum Gasteiger partial charge on any atom is -0.460 e. The van der Waals surface area contributed by atoms with Gasteiger partial charge in [0.05, 0.1) is 11.7 Å². The minimum absolute atomic E-state index is 0.230. The molecule has 0 heterocycles. The van der Waals surface area contributed by atoms with Crippen molar-refractivity contribution in [2.75, 3.05) is 12.3 Å². The fraction of sp³-hybridized carbons (Fsp3) is 0.385. The average molecular weight is 251 g/mol. The number of carbonyl (C=O) groups is 2. The van der Waals surface area contributed by atoms with E-state index in [0.717, 1.165) is 5.56 Å². The van der Waals surface area contributed by atoms with Crippen LogP contribution in [0, 0.1) is 6.92 Å². The average Bonchev–Trinajstić information content (AvgIpc) is 2.28. The van der Waals surface area contributed by atoms with Crippen molar-refractivity contribution >= 4 is 17.6 Å². The first kappa shape index (κ1) is 14.0. The zero-order valence-corrected chi connectivity index (χ0v) is 10.7. The number of nitrogen functional groups attached to an aromatic ring is 1. The molecule has 98 valence electrons. The maximum atomic E-state index is 11.6. The minimum atomic E-state index is -0.595. The van der Waals surface area contributed by atoms with E-state index in [4.69, 9.17) is 15.2 Å². The second-order valence-electron chi connectivity index (χ2n) is 4.19. The molecule has 0 aliphatic carbocycles. The summed E-state index contributed by atoms with van der Waals surface area (Å²) in [4.78, 5) is 22.8. The number of hydrogen-bond donors (Lipinski definition) is 1. The summed E-state index contributed by atoms with van der Waals surface area (Å²) in [5, 5.41) is 0. The molecule has 1 aromatic carbocycles. The van der Waals surface area contributed by atoms with Crippen molar-refractivity contribution < 1.29 is 19.1 Å². The largest absolute Gasteiger partial charge is 0.460 e. The molecule has 5 nitrogen and oxygen atoms in total. The number of anilines is 1. The van der Waals surface area contributed by atoms with E-state index in [0.29, 0.717) is 11.3 Å². The molecule has 0 fully saturated rings. The van der Waals surface area contributed by atoms with E-state index in [-0.39, 0.29) is 6.10 Å². The number of hydrogen-bond acceptors (Lipinski definition) is 5. The van der Waals surface area contributed by atoms with E-state index < -0.39 is 18.5 Å². The molecule has 0 aromatic heterocycles. The van der Waals surface area contributed by atoms with E-state index in [9.17, 15) is 9.59 Å². The molecule has 5 heteroatoms. The Bertz CT molecular complexity index is 454. The van der Waals surface area contributed by atoms with Gasteiger partial charge < -0.3 is 15.2 Å². The summed E-state index contributed by atoms with van der Waals surface area (Å²) in [5.74, 6) is -1.17. The summed E-state index contributed by atoms with van der Waals surface area (Å²) in [7, 11) is 0. The van der Waals surface area contributed by atoms with E-state index in [1.54, 1.807) is 26.0 Å². The van der Waals surface area contributed by atoms with Gasteiger partial charge in [-0.3, -0.25) is 0 Å². The zero-order chi connectivity index (χ0) is 13.7. The van der Waals surface area contributed by atoms with Gasteiger partial charge in [0, 0.05) is 5.69 Å². The summed E-state index contributed by atoms with van der Waals surface area (Å²) in [6.45, 7) is 4.88. The van der Waals surface area contributed by atoms with Crippen LogP contribution >= 0.6 is 0 Å². The first-order valence-corrected chi connectivity index (χ1v) is 5.63. The van der Waals surface area contributed by atoms with Crippen LogP contribution in [0.2, 0.25) is 0 Å². The van der Waals surface area contributed by atoms with Crippen LogP contribution in [-0.2, 0) is 14.3 Å². The van der Waals surface area contributed by atoms with Crippen LogP contribution < -0.4 is 5.73 Å². The third-order valence-electron chi connectivity index (χ3n) is 2.20. The smallest absolute Gasteiger partial charge is 0.344 e. The molecule has 18 heavy (non-hydrogen) atoms. The van der Waals surface area contributed by atoms with Crippen LogP contribution in [0.4, 0.5) is 5.69 Å². The van der Waals surface area contributed by atoms with Crippen molar-refractivity contribution in [1.82, 2.24) is 0 Å². The van der Waals surface area contributed by atoms with E-state index in [1.807, 2.05) is 6.92 Å². The molecule has 0 unspecified atom stereocenters. The highest BCUT2D eigenvalue weighted by atomic mass is 16.6. The third kappa shape index (κ3) is 4.08. The van der Waals surface area contributed by atoms with Crippen molar-refractivity contribution in [2.45, 2.75) is 26.9 Å². The molecule has 0 saturated heterocycles. The van der Waals surface area contributed by atoms with E-state index in [1.165, 1.54) is 6.07 Å². The Balaban J connectivity index is 2.55. The van der Waals surface area contributed by atoms with E-state index in [2.05, 4.69) is 0 Å². The Kier molecular flexibility index (Phi) is 4.71. The van der Waals surface area contributed by atoms with Gasteiger partial charge in [0.1, 0.15) is 0 Å². The summed E-state index contributed by atoms with van der Waals surface area (Å²) in [6, 6.07) is 4.84. The number of benzene rings is 1. The first-order chi connectivity index (χ1) is 8.40. The molecule has 0 aliphatic rings. The fourth-order valence-corrected chi connectivity index (χ4v) is 1.27. The van der Waals surface area contributed by atoms with Crippen LogP contribution in [0.5, 0.6) is 0 Å². The maximum absolute atomic E-state index is 11.6. The molecule has 0 atom stereocenters. The van der Waals surface area contributed by atoms with Crippen LogP contribution in [0.1, 0.15) is 29.8 Å². The number of rotatable bonds is 4. The van der Waals surface area contributed by atoms with Gasteiger partial charge in [0.15, 0.2) is 6.61 Å². The van der Waals surface area contributed by atoms with Gasteiger partial charge >= 0.3 is 11.9 Å². The molecule has 0 spiro atoms. The van der Waals surface area contributed by atoms with Crippen molar-refractivity contribution in [2.24, 2.45) is 0 Å². The Morgan fingerprint density at radius 2 is 2.00 bits per heavy atom. The van der Waals surface area contributed by atoms with Gasteiger partial charge in [-0.05, 0) is 38.5 Å². The number of aryl methyl sites for hydroxylation is 1. The Hall–Kier alpha value is -2.04. The van der Waals surface area contributed by atoms with Crippen molar-refractivity contribution in [3.8, 4) is 0 Å². The predicted molar refractivity (Wildman–Crippen MR) is 67.1 cm³/mol. The second-order valence-corrected chi connectivity index (χ2v) is 4.19. The molecule has 1 rings (SSSR count). The maximum Gasteiger partial charge on any atom is 0.344 e. The highest BCUT2D eigenvalue weighted by Gasteiger charge is 2.12. The highest BCUT2D eigenvalue weighted by Crippen LogP contribution is 2.13. The summed E-state index contributed by atoms with van der Waals surface area (Å²) < 4.78 is 9.66. The van der Waals surface area contributed by atoms with Gasteiger partial charge in [-0.2, -0.15) is 0 Å². The number of esters is 2. The molecule has 0 aliphatic heterocycles. The fourth-order valence-electron chi connectivity index (χ4n) is 1.27. The highest BCUT2D eigenvalue weighted by molar-refractivity contribution is 5.91. The second kappa shape index (κ2) is 6.05. The van der Waals surface area contributed by atoms with Crippen LogP contribution in [0.15, 0.2) is 18.2 Å². The number of nitrogens with two attached hydrogens (primary N) is 1. The SMILES string of the molecule is Cc1ccc(C(=O)OCC(=O)OC(C)C)cc1N. The van der Waals surface area contributed by atoms with Crippen molar-refractivity contribution in [3.63, 3.8) is 0 Å². The topological polar surface area (TPSA) is 78.6 Å². The standard InChI is InChI=1S/C13H17NO4/c1-8(2)18-12(15)7-17-13(16)10-5-4-9(3)11(14)6-10/h4-6,8H,7,14H2,1-3H3. The van der Waals surface area contributed by atoms with Crippen LogP contribution in [-0.4, -0.2) is 24.6 Å². The van der Waals surface area contributed by atoms with E-state index >= 15 is 0 Å². The molecule has 0 radical (unpaired) electrons. The Morgan fingerprint density at radius 3 is 2.56 bits per heavy atom. The van der Waals surface area contributed by atoms with Gasteiger partial charge in [0.2, 0.25) is 0 Å². The zero-order valence-electron chi connectivity index (χ0n) is 10.7. The lowest BCUT2D eigenvalue weighted by Crippen LogP contribution is -2.19.